The average molecular weight is 382 g/mol. The number of carboxylic acid groups (broad SMARTS) is 1. The molecule has 4 bridgehead atoms. The summed E-state index contributed by atoms with van der Waals surface area (Å²) in [5.74, 6) is 0.688. The van der Waals surface area contributed by atoms with Crippen LogP contribution in [0, 0.1) is 30.1 Å². The molecule has 1 heterocycles. The molecule has 5 fully saturated rings. The molecule has 1 N–H and O–H groups in total. The highest BCUT2D eigenvalue weighted by Crippen LogP contribution is 2.66. The van der Waals surface area contributed by atoms with Crippen molar-refractivity contribution in [1.29, 1.82) is 0 Å². The summed E-state index contributed by atoms with van der Waals surface area (Å²) >= 11 is 0. The Balaban J connectivity index is 1.41. The number of nitrogens with zero attached hydrogens (tertiary/aromatic N) is 1. The summed E-state index contributed by atoms with van der Waals surface area (Å²) in [6.45, 7) is 3.37. The molecule has 2 unspecified atom stereocenters. The number of piperidine rings is 1. The fourth-order valence-corrected chi connectivity index (χ4v) is 7.42. The zero-order valence-corrected chi connectivity index (χ0v) is 16.8. The summed E-state index contributed by atoms with van der Waals surface area (Å²) < 4.78 is 0. The smallest absolute Gasteiger partial charge is 0.306 e. The molecular formula is C24H31NO3. The Morgan fingerprint density at radius 1 is 1.00 bits per heavy atom. The number of aryl methyl sites for hydroxylation is 1. The van der Waals surface area contributed by atoms with Crippen molar-refractivity contribution >= 4 is 11.9 Å². The van der Waals surface area contributed by atoms with Crippen molar-refractivity contribution in [2.75, 3.05) is 13.1 Å². The van der Waals surface area contributed by atoms with E-state index in [1.807, 2.05) is 4.90 Å². The fourth-order valence-electron chi connectivity index (χ4n) is 7.42. The average Bonchev–Trinajstić information content (AvgIpc) is 2.67. The van der Waals surface area contributed by atoms with Gasteiger partial charge in [-0.25, -0.2) is 0 Å². The first kappa shape index (κ1) is 18.2. The van der Waals surface area contributed by atoms with Gasteiger partial charge in [-0.15, -0.1) is 0 Å². The van der Waals surface area contributed by atoms with E-state index < -0.39 is 5.97 Å². The molecule has 0 radical (unpaired) electrons. The Morgan fingerprint density at radius 3 is 2.18 bits per heavy atom. The predicted octanol–water partition coefficient (Wildman–Crippen LogP) is 4.16. The van der Waals surface area contributed by atoms with Gasteiger partial charge in [-0.1, -0.05) is 29.8 Å². The Morgan fingerprint density at radius 2 is 1.61 bits per heavy atom. The quantitative estimate of drug-likeness (QED) is 0.855. The van der Waals surface area contributed by atoms with E-state index in [9.17, 15) is 14.7 Å². The summed E-state index contributed by atoms with van der Waals surface area (Å²) in [5, 5.41) is 9.27. The molecule has 150 valence electrons. The van der Waals surface area contributed by atoms with Gasteiger partial charge in [0.1, 0.15) is 0 Å². The second-order valence-corrected chi connectivity index (χ2v) is 10.3. The van der Waals surface area contributed by atoms with E-state index in [2.05, 4.69) is 31.2 Å². The van der Waals surface area contributed by atoms with E-state index >= 15 is 0 Å². The first-order valence-corrected chi connectivity index (χ1v) is 11.0. The molecule has 4 atom stereocenters. The van der Waals surface area contributed by atoms with Gasteiger partial charge < -0.3 is 10.0 Å². The molecule has 1 aromatic rings. The van der Waals surface area contributed by atoms with Gasteiger partial charge in [0.2, 0.25) is 5.91 Å². The van der Waals surface area contributed by atoms with E-state index in [4.69, 9.17) is 0 Å². The molecule has 1 amide bonds. The third-order valence-corrected chi connectivity index (χ3v) is 8.31. The van der Waals surface area contributed by atoms with E-state index in [-0.39, 0.29) is 16.7 Å². The highest BCUT2D eigenvalue weighted by atomic mass is 16.4. The van der Waals surface area contributed by atoms with E-state index in [0.29, 0.717) is 43.7 Å². The largest absolute Gasteiger partial charge is 0.481 e. The Hall–Kier alpha value is -1.84. The second-order valence-electron chi connectivity index (χ2n) is 10.3. The van der Waals surface area contributed by atoms with Gasteiger partial charge in [-0.2, -0.15) is 0 Å². The number of hydrogen-bond donors (Lipinski definition) is 1. The lowest BCUT2D eigenvalue weighted by atomic mass is 9.42. The number of benzene rings is 1. The molecule has 1 aliphatic heterocycles. The Labute approximate surface area is 167 Å². The SMILES string of the molecule is Cc1ccc(C23C[C@@H]4C[C@@H](CC(C(=O)N5CCC(C(=O)O)CC5)(C4)C2)C3)cc1. The van der Waals surface area contributed by atoms with Crippen LogP contribution in [0.5, 0.6) is 0 Å². The maximum atomic E-state index is 13.7. The highest BCUT2D eigenvalue weighted by molar-refractivity contribution is 5.84. The van der Waals surface area contributed by atoms with Crippen molar-refractivity contribution in [2.24, 2.45) is 23.2 Å². The van der Waals surface area contributed by atoms with Crippen LogP contribution in [0.3, 0.4) is 0 Å². The van der Waals surface area contributed by atoms with Crippen LogP contribution in [0.1, 0.15) is 62.5 Å². The zero-order valence-electron chi connectivity index (χ0n) is 16.8. The van der Waals surface area contributed by atoms with Gasteiger partial charge in [0, 0.05) is 13.1 Å². The Bertz CT molecular complexity index is 777. The van der Waals surface area contributed by atoms with Gasteiger partial charge in [0.15, 0.2) is 0 Å². The third kappa shape index (κ3) is 2.79. The maximum Gasteiger partial charge on any atom is 0.306 e. The predicted molar refractivity (Wildman–Crippen MR) is 107 cm³/mol. The minimum atomic E-state index is -0.708. The molecule has 4 aliphatic carbocycles. The van der Waals surface area contributed by atoms with Crippen LogP contribution in [-0.4, -0.2) is 35.0 Å². The van der Waals surface area contributed by atoms with Crippen LogP contribution in [0.2, 0.25) is 0 Å². The van der Waals surface area contributed by atoms with Crippen LogP contribution in [-0.2, 0) is 15.0 Å². The van der Waals surface area contributed by atoms with Gasteiger partial charge in [0.25, 0.3) is 0 Å². The minimum absolute atomic E-state index is 0.173. The van der Waals surface area contributed by atoms with Crippen LogP contribution in [0.25, 0.3) is 0 Å². The first-order valence-electron chi connectivity index (χ1n) is 11.0. The van der Waals surface area contributed by atoms with Gasteiger partial charge >= 0.3 is 5.97 Å². The minimum Gasteiger partial charge on any atom is -0.481 e. The molecule has 1 aromatic carbocycles. The summed E-state index contributed by atoms with van der Waals surface area (Å²) in [4.78, 5) is 27.0. The summed E-state index contributed by atoms with van der Waals surface area (Å²) in [5.41, 5.74) is 2.70. The fraction of sp³-hybridized carbons (Fsp3) is 0.667. The number of likely N-dealkylation sites (tertiary alicyclic amines) is 1. The lowest BCUT2D eigenvalue weighted by Crippen LogP contribution is -2.60. The number of aliphatic carboxylic acids is 1. The van der Waals surface area contributed by atoms with Crippen molar-refractivity contribution < 1.29 is 14.7 Å². The summed E-state index contributed by atoms with van der Waals surface area (Å²) in [6, 6.07) is 9.05. The van der Waals surface area contributed by atoms with Crippen molar-refractivity contribution in [1.82, 2.24) is 4.90 Å². The van der Waals surface area contributed by atoms with Crippen LogP contribution in [0.4, 0.5) is 0 Å². The molecule has 4 heteroatoms. The van der Waals surface area contributed by atoms with Gasteiger partial charge in [-0.05, 0) is 81.1 Å². The molecule has 4 saturated carbocycles. The number of carbonyl (C=O) groups excluding carboxylic acids is 1. The van der Waals surface area contributed by atoms with E-state index in [1.165, 1.54) is 30.4 Å². The molecular weight excluding hydrogens is 350 g/mol. The standard InChI is InChI=1S/C24H31NO3/c1-16-2-4-20(5-3-16)23-11-17-10-18(12-23)14-24(13-17,15-23)22(28)25-8-6-19(7-9-25)21(26)27/h2-5,17-19H,6-15H2,1H3,(H,26,27)/t17-,18+,23?,24?. The number of amides is 1. The molecule has 5 aliphatic rings. The van der Waals surface area contributed by atoms with Crippen LogP contribution < -0.4 is 0 Å². The molecule has 4 nitrogen and oxygen atoms in total. The molecule has 6 rings (SSSR count). The van der Waals surface area contributed by atoms with Crippen molar-refractivity contribution in [3.63, 3.8) is 0 Å². The molecule has 28 heavy (non-hydrogen) atoms. The number of rotatable bonds is 3. The molecule has 0 spiro atoms. The Kier molecular flexibility index (Phi) is 4.12. The van der Waals surface area contributed by atoms with Crippen LogP contribution >= 0.6 is 0 Å². The third-order valence-electron chi connectivity index (χ3n) is 8.31. The monoisotopic (exact) mass is 381 g/mol. The second kappa shape index (κ2) is 6.33. The number of carboxylic acids is 1. The summed E-state index contributed by atoms with van der Waals surface area (Å²) in [6.07, 6.45) is 8.08. The number of hydrogen-bond acceptors (Lipinski definition) is 2. The van der Waals surface area contributed by atoms with Crippen molar-refractivity contribution in [2.45, 2.75) is 63.7 Å². The van der Waals surface area contributed by atoms with Crippen molar-refractivity contribution in [3.8, 4) is 0 Å². The summed E-state index contributed by atoms with van der Waals surface area (Å²) in [7, 11) is 0. The topological polar surface area (TPSA) is 57.6 Å². The van der Waals surface area contributed by atoms with Gasteiger partial charge in [-0.3, -0.25) is 9.59 Å². The number of carbonyl (C=O) groups is 2. The highest BCUT2D eigenvalue weighted by Gasteiger charge is 2.61. The van der Waals surface area contributed by atoms with E-state index in [1.54, 1.807) is 0 Å². The van der Waals surface area contributed by atoms with Crippen molar-refractivity contribution in [3.05, 3.63) is 35.4 Å². The maximum absolute atomic E-state index is 13.7. The van der Waals surface area contributed by atoms with Gasteiger partial charge in [0.05, 0.1) is 11.3 Å². The van der Waals surface area contributed by atoms with Crippen LogP contribution in [0.15, 0.2) is 24.3 Å². The lowest BCUT2D eigenvalue weighted by Gasteiger charge is -2.62. The molecule has 0 aromatic heterocycles. The normalized spacial score (nSPS) is 37.2. The first-order chi connectivity index (χ1) is 13.4. The zero-order chi connectivity index (χ0) is 19.5. The lowest BCUT2D eigenvalue weighted by molar-refractivity contribution is -0.163. The molecule has 1 saturated heterocycles. The van der Waals surface area contributed by atoms with E-state index in [0.717, 1.165) is 19.3 Å².